The van der Waals surface area contributed by atoms with Gasteiger partial charge in [0.1, 0.15) is 5.76 Å². The first kappa shape index (κ1) is 7.59. The number of fused-ring (bicyclic) bond motifs is 1. The SMILES string of the molecule is CCC1CCc2occc2C1=N. The van der Waals surface area contributed by atoms with Crippen molar-refractivity contribution >= 4 is 5.71 Å². The van der Waals surface area contributed by atoms with E-state index in [-0.39, 0.29) is 0 Å². The first-order valence-electron chi connectivity index (χ1n) is 4.48. The van der Waals surface area contributed by atoms with Crippen LogP contribution in [0.4, 0.5) is 0 Å². The number of hydrogen-bond acceptors (Lipinski definition) is 2. The Morgan fingerprint density at radius 3 is 3.25 bits per heavy atom. The van der Waals surface area contributed by atoms with Crippen molar-refractivity contribution in [2.75, 3.05) is 0 Å². The molecule has 0 amide bonds. The molecule has 0 spiro atoms. The lowest BCUT2D eigenvalue weighted by molar-refractivity contribution is 0.469. The molecule has 64 valence electrons. The first-order valence-corrected chi connectivity index (χ1v) is 4.48. The molecule has 1 aliphatic rings. The molecule has 2 nitrogen and oxygen atoms in total. The van der Waals surface area contributed by atoms with Crippen LogP contribution in [0.15, 0.2) is 16.7 Å². The first-order chi connectivity index (χ1) is 5.83. The lowest BCUT2D eigenvalue weighted by Crippen LogP contribution is -2.20. The molecular formula is C10H13NO. The van der Waals surface area contributed by atoms with Crippen molar-refractivity contribution in [1.82, 2.24) is 0 Å². The lowest BCUT2D eigenvalue weighted by atomic mass is 9.84. The molecule has 1 unspecified atom stereocenters. The van der Waals surface area contributed by atoms with Crippen LogP contribution in [-0.2, 0) is 6.42 Å². The summed E-state index contributed by atoms with van der Waals surface area (Å²) >= 11 is 0. The summed E-state index contributed by atoms with van der Waals surface area (Å²) in [5, 5.41) is 7.88. The maximum absolute atomic E-state index is 7.88. The molecule has 0 bridgehead atoms. The van der Waals surface area contributed by atoms with Crippen molar-refractivity contribution in [1.29, 1.82) is 5.41 Å². The van der Waals surface area contributed by atoms with E-state index in [1.807, 2.05) is 6.07 Å². The largest absolute Gasteiger partial charge is 0.469 e. The predicted molar refractivity (Wildman–Crippen MR) is 47.6 cm³/mol. The van der Waals surface area contributed by atoms with Gasteiger partial charge in [-0.25, -0.2) is 0 Å². The van der Waals surface area contributed by atoms with E-state index < -0.39 is 0 Å². The van der Waals surface area contributed by atoms with Crippen molar-refractivity contribution in [2.45, 2.75) is 26.2 Å². The number of aryl methyl sites for hydroxylation is 1. The summed E-state index contributed by atoms with van der Waals surface area (Å²) in [6.07, 6.45) is 4.85. The zero-order valence-electron chi connectivity index (χ0n) is 7.26. The number of nitrogens with one attached hydrogen (secondary N) is 1. The number of furan rings is 1. The monoisotopic (exact) mass is 163 g/mol. The summed E-state index contributed by atoms with van der Waals surface area (Å²) in [6, 6.07) is 1.92. The highest BCUT2D eigenvalue weighted by Gasteiger charge is 2.24. The van der Waals surface area contributed by atoms with Crippen LogP contribution in [0.5, 0.6) is 0 Å². The molecule has 1 aromatic rings. The Hall–Kier alpha value is -1.05. The maximum atomic E-state index is 7.88. The van der Waals surface area contributed by atoms with E-state index in [1.54, 1.807) is 6.26 Å². The minimum absolute atomic E-state index is 0.454. The van der Waals surface area contributed by atoms with Gasteiger partial charge in [-0.3, -0.25) is 0 Å². The van der Waals surface area contributed by atoms with E-state index in [1.165, 1.54) is 0 Å². The zero-order valence-corrected chi connectivity index (χ0v) is 7.26. The third kappa shape index (κ3) is 0.986. The van der Waals surface area contributed by atoms with E-state index in [2.05, 4.69) is 6.92 Å². The van der Waals surface area contributed by atoms with E-state index in [9.17, 15) is 0 Å². The molecule has 12 heavy (non-hydrogen) atoms. The van der Waals surface area contributed by atoms with Crippen LogP contribution < -0.4 is 0 Å². The van der Waals surface area contributed by atoms with Crippen molar-refractivity contribution in [3.05, 3.63) is 23.7 Å². The highest BCUT2D eigenvalue weighted by molar-refractivity contribution is 6.01. The third-order valence-corrected chi connectivity index (χ3v) is 2.66. The molecule has 1 heterocycles. The molecule has 1 N–H and O–H groups in total. The van der Waals surface area contributed by atoms with Crippen LogP contribution in [0.3, 0.4) is 0 Å². The molecule has 0 radical (unpaired) electrons. The fourth-order valence-electron chi connectivity index (χ4n) is 1.85. The van der Waals surface area contributed by atoms with Gasteiger partial charge in [-0.05, 0) is 18.9 Å². The van der Waals surface area contributed by atoms with Gasteiger partial charge in [-0.1, -0.05) is 6.92 Å². The Bertz CT molecular complexity index is 301. The molecule has 2 rings (SSSR count). The van der Waals surface area contributed by atoms with Gasteiger partial charge < -0.3 is 9.83 Å². The van der Waals surface area contributed by atoms with E-state index in [4.69, 9.17) is 9.83 Å². The van der Waals surface area contributed by atoms with Crippen LogP contribution in [0.25, 0.3) is 0 Å². The van der Waals surface area contributed by atoms with Crippen LogP contribution in [0.1, 0.15) is 31.1 Å². The topological polar surface area (TPSA) is 37.0 Å². The van der Waals surface area contributed by atoms with Gasteiger partial charge in [0.15, 0.2) is 0 Å². The van der Waals surface area contributed by atoms with Gasteiger partial charge in [0.25, 0.3) is 0 Å². The second kappa shape index (κ2) is 2.77. The Labute approximate surface area is 72.1 Å². The van der Waals surface area contributed by atoms with E-state index in [0.717, 1.165) is 36.3 Å². The highest BCUT2D eigenvalue weighted by Crippen LogP contribution is 2.27. The fraction of sp³-hybridized carbons (Fsp3) is 0.500. The second-order valence-corrected chi connectivity index (χ2v) is 3.31. The predicted octanol–water partition coefficient (Wildman–Crippen LogP) is 2.62. The van der Waals surface area contributed by atoms with Gasteiger partial charge >= 0.3 is 0 Å². The average molecular weight is 163 g/mol. The molecule has 0 fully saturated rings. The molecule has 1 aliphatic carbocycles. The summed E-state index contributed by atoms with van der Waals surface area (Å²) < 4.78 is 5.28. The number of hydrogen-bond donors (Lipinski definition) is 1. The standard InChI is InChI=1S/C10H13NO/c1-2-7-3-4-9-8(10(7)11)5-6-12-9/h5-7,11H,2-4H2,1H3. The van der Waals surface area contributed by atoms with Gasteiger partial charge in [0.2, 0.25) is 0 Å². The maximum Gasteiger partial charge on any atom is 0.112 e. The molecule has 2 heteroatoms. The third-order valence-electron chi connectivity index (χ3n) is 2.66. The minimum Gasteiger partial charge on any atom is -0.469 e. The van der Waals surface area contributed by atoms with Gasteiger partial charge in [0.05, 0.1) is 6.26 Å². The van der Waals surface area contributed by atoms with Gasteiger partial charge in [-0.2, -0.15) is 0 Å². The molecular weight excluding hydrogens is 150 g/mol. The molecule has 0 saturated heterocycles. The summed E-state index contributed by atoms with van der Waals surface area (Å²) in [4.78, 5) is 0. The van der Waals surface area contributed by atoms with Crippen molar-refractivity contribution < 1.29 is 4.42 Å². The summed E-state index contributed by atoms with van der Waals surface area (Å²) in [5.41, 5.74) is 1.81. The summed E-state index contributed by atoms with van der Waals surface area (Å²) in [7, 11) is 0. The fourth-order valence-corrected chi connectivity index (χ4v) is 1.85. The molecule has 1 aromatic heterocycles. The quantitative estimate of drug-likeness (QED) is 0.678. The normalized spacial score (nSPS) is 22.4. The molecule has 0 aliphatic heterocycles. The molecule has 0 aromatic carbocycles. The highest BCUT2D eigenvalue weighted by atomic mass is 16.3. The summed E-state index contributed by atoms with van der Waals surface area (Å²) in [6.45, 7) is 2.14. The Morgan fingerprint density at radius 2 is 2.50 bits per heavy atom. The molecule has 0 saturated carbocycles. The lowest BCUT2D eigenvalue weighted by Gasteiger charge is -2.20. The van der Waals surface area contributed by atoms with E-state index >= 15 is 0 Å². The Morgan fingerprint density at radius 1 is 1.67 bits per heavy atom. The van der Waals surface area contributed by atoms with Crippen LogP contribution in [0.2, 0.25) is 0 Å². The van der Waals surface area contributed by atoms with Crippen LogP contribution in [0, 0.1) is 11.3 Å². The smallest absolute Gasteiger partial charge is 0.112 e. The average Bonchev–Trinajstić information content (AvgIpc) is 2.53. The zero-order chi connectivity index (χ0) is 8.55. The molecule has 1 atom stereocenters. The van der Waals surface area contributed by atoms with Gasteiger partial charge in [0, 0.05) is 23.6 Å². The van der Waals surface area contributed by atoms with E-state index in [0.29, 0.717) is 5.92 Å². The van der Waals surface area contributed by atoms with Crippen LogP contribution in [-0.4, -0.2) is 5.71 Å². The Kier molecular flexibility index (Phi) is 1.75. The Balaban J connectivity index is 2.35. The van der Waals surface area contributed by atoms with Crippen molar-refractivity contribution in [2.24, 2.45) is 5.92 Å². The number of rotatable bonds is 1. The van der Waals surface area contributed by atoms with Gasteiger partial charge in [-0.15, -0.1) is 0 Å². The summed E-state index contributed by atoms with van der Waals surface area (Å²) in [5.74, 6) is 1.46. The second-order valence-electron chi connectivity index (χ2n) is 3.31. The van der Waals surface area contributed by atoms with Crippen molar-refractivity contribution in [3.63, 3.8) is 0 Å². The minimum atomic E-state index is 0.454. The van der Waals surface area contributed by atoms with Crippen molar-refractivity contribution in [3.8, 4) is 0 Å². The van der Waals surface area contributed by atoms with Crippen LogP contribution >= 0.6 is 0 Å².